The molecule has 0 aliphatic heterocycles. The second-order valence-electron chi connectivity index (χ2n) is 4.37. The normalized spacial score (nSPS) is 12.4. The minimum Gasteiger partial charge on any atom is -0.388 e. The van der Waals surface area contributed by atoms with Gasteiger partial charge in [-0.3, -0.25) is 0 Å². The molecule has 0 spiro atoms. The largest absolute Gasteiger partial charge is 0.388 e. The zero-order valence-corrected chi connectivity index (χ0v) is 11.6. The van der Waals surface area contributed by atoms with Crippen molar-refractivity contribution in [3.63, 3.8) is 0 Å². The second-order valence-corrected chi connectivity index (χ2v) is 5.23. The lowest BCUT2D eigenvalue weighted by Crippen LogP contribution is -2.03. The molecule has 2 aromatic carbocycles. The standard InChI is InChI=1S/C15H14BrFO/c1-10-3-2-4-11(7-10)8-15(18)13-9-12(17)5-6-14(13)16/h2-7,9,15,18H,8H2,1H3. The summed E-state index contributed by atoms with van der Waals surface area (Å²) in [6.07, 6.45) is -0.235. The smallest absolute Gasteiger partial charge is 0.123 e. The van der Waals surface area contributed by atoms with Crippen molar-refractivity contribution in [2.24, 2.45) is 0 Å². The van der Waals surface area contributed by atoms with Gasteiger partial charge in [0.1, 0.15) is 5.82 Å². The Kier molecular flexibility index (Phi) is 4.15. The van der Waals surface area contributed by atoms with Crippen LogP contribution in [0, 0.1) is 12.7 Å². The number of aliphatic hydroxyl groups is 1. The van der Waals surface area contributed by atoms with Gasteiger partial charge in [0.05, 0.1) is 6.10 Å². The number of rotatable bonds is 3. The number of aliphatic hydroxyl groups excluding tert-OH is 1. The van der Waals surface area contributed by atoms with Crippen LogP contribution in [0.1, 0.15) is 22.8 Å². The average Bonchev–Trinajstić information content (AvgIpc) is 2.32. The molecule has 1 atom stereocenters. The molecule has 18 heavy (non-hydrogen) atoms. The van der Waals surface area contributed by atoms with Gasteiger partial charge in [0, 0.05) is 10.9 Å². The summed E-state index contributed by atoms with van der Waals surface area (Å²) in [5, 5.41) is 10.2. The zero-order chi connectivity index (χ0) is 13.1. The Balaban J connectivity index is 2.21. The lowest BCUT2D eigenvalue weighted by molar-refractivity contribution is 0.177. The van der Waals surface area contributed by atoms with E-state index in [1.54, 1.807) is 6.07 Å². The molecule has 0 bridgehead atoms. The molecular weight excluding hydrogens is 295 g/mol. The fourth-order valence-corrected chi connectivity index (χ4v) is 2.45. The first kappa shape index (κ1) is 13.2. The SMILES string of the molecule is Cc1cccc(CC(O)c2cc(F)ccc2Br)c1. The minimum absolute atomic E-state index is 0.337. The zero-order valence-electron chi connectivity index (χ0n) is 10.0. The van der Waals surface area contributed by atoms with Crippen molar-refractivity contribution >= 4 is 15.9 Å². The van der Waals surface area contributed by atoms with Crippen LogP contribution in [0.15, 0.2) is 46.9 Å². The van der Waals surface area contributed by atoms with Crippen molar-refractivity contribution in [1.29, 1.82) is 0 Å². The van der Waals surface area contributed by atoms with Crippen LogP contribution in [0.2, 0.25) is 0 Å². The van der Waals surface area contributed by atoms with Gasteiger partial charge in [-0.05, 0) is 36.2 Å². The van der Waals surface area contributed by atoms with Crippen molar-refractivity contribution in [1.82, 2.24) is 0 Å². The van der Waals surface area contributed by atoms with Crippen molar-refractivity contribution in [2.45, 2.75) is 19.4 Å². The summed E-state index contributed by atoms with van der Waals surface area (Å²) in [4.78, 5) is 0. The molecule has 0 saturated heterocycles. The highest BCUT2D eigenvalue weighted by Gasteiger charge is 2.13. The van der Waals surface area contributed by atoms with E-state index in [2.05, 4.69) is 15.9 Å². The molecule has 0 heterocycles. The summed E-state index contributed by atoms with van der Waals surface area (Å²) >= 11 is 3.33. The van der Waals surface area contributed by atoms with Gasteiger partial charge in [0.15, 0.2) is 0 Å². The molecule has 0 aromatic heterocycles. The molecule has 1 N–H and O–H groups in total. The first-order valence-electron chi connectivity index (χ1n) is 5.75. The topological polar surface area (TPSA) is 20.2 Å². The summed E-state index contributed by atoms with van der Waals surface area (Å²) in [6.45, 7) is 2.01. The van der Waals surface area contributed by atoms with Crippen molar-refractivity contribution in [3.8, 4) is 0 Å². The highest BCUT2D eigenvalue weighted by atomic mass is 79.9. The lowest BCUT2D eigenvalue weighted by atomic mass is 10.0. The Morgan fingerprint density at radius 3 is 2.72 bits per heavy atom. The van der Waals surface area contributed by atoms with E-state index >= 15 is 0 Å². The van der Waals surface area contributed by atoms with Gasteiger partial charge in [0.2, 0.25) is 0 Å². The third kappa shape index (κ3) is 3.18. The predicted octanol–water partition coefficient (Wildman–Crippen LogP) is 4.17. The van der Waals surface area contributed by atoms with Crippen LogP contribution in [0.4, 0.5) is 4.39 Å². The van der Waals surface area contributed by atoms with Crippen LogP contribution in [0.3, 0.4) is 0 Å². The van der Waals surface area contributed by atoms with Gasteiger partial charge >= 0.3 is 0 Å². The summed E-state index contributed by atoms with van der Waals surface area (Å²) < 4.78 is 13.9. The van der Waals surface area contributed by atoms with Crippen molar-refractivity contribution in [2.75, 3.05) is 0 Å². The highest BCUT2D eigenvalue weighted by molar-refractivity contribution is 9.10. The Labute approximate surface area is 114 Å². The van der Waals surface area contributed by atoms with Crippen LogP contribution >= 0.6 is 15.9 Å². The molecule has 0 fully saturated rings. The van der Waals surface area contributed by atoms with E-state index in [9.17, 15) is 9.50 Å². The molecule has 2 rings (SSSR count). The van der Waals surface area contributed by atoms with Gasteiger partial charge in [0.25, 0.3) is 0 Å². The van der Waals surface area contributed by atoms with E-state index in [1.807, 2.05) is 31.2 Å². The molecule has 3 heteroatoms. The summed E-state index contributed by atoms with van der Waals surface area (Å²) in [5.41, 5.74) is 2.77. The maximum Gasteiger partial charge on any atom is 0.123 e. The average molecular weight is 309 g/mol. The Bertz CT molecular complexity index is 554. The van der Waals surface area contributed by atoms with E-state index in [0.717, 1.165) is 15.6 Å². The van der Waals surface area contributed by atoms with Gasteiger partial charge in [-0.1, -0.05) is 45.8 Å². The molecular formula is C15H14BrFO. The van der Waals surface area contributed by atoms with Gasteiger partial charge in [-0.25, -0.2) is 4.39 Å². The molecule has 0 aliphatic rings. The molecule has 94 valence electrons. The number of halogens is 2. The number of hydrogen-bond donors (Lipinski definition) is 1. The van der Waals surface area contributed by atoms with Gasteiger partial charge in [-0.15, -0.1) is 0 Å². The monoisotopic (exact) mass is 308 g/mol. The third-order valence-electron chi connectivity index (χ3n) is 2.83. The Morgan fingerprint density at radius 1 is 1.22 bits per heavy atom. The first-order valence-corrected chi connectivity index (χ1v) is 6.54. The van der Waals surface area contributed by atoms with Crippen molar-refractivity contribution in [3.05, 3.63) is 69.4 Å². The van der Waals surface area contributed by atoms with E-state index in [4.69, 9.17) is 0 Å². The second kappa shape index (κ2) is 5.63. The molecule has 0 saturated carbocycles. The van der Waals surface area contributed by atoms with Gasteiger partial charge in [-0.2, -0.15) is 0 Å². The van der Waals surface area contributed by atoms with Crippen LogP contribution < -0.4 is 0 Å². The maximum atomic E-state index is 13.2. The van der Waals surface area contributed by atoms with Crippen LogP contribution in [-0.2, 0) is 6.42 Å². The summed E-state index contributed by atoms with van der Waals surface area (Å²) in [5.74, 6) is -0.337. The lowest BCUT2D eigenvalue weighted by Gasteiger charge is -2.13. The van der Waals surface area contributed by atoms with Crippen LogP contribution in [-0.4, -0.2) is 5.11 Å². The van der Waals surface area contributed by atoms with Gasteiger partial charge < -0.3 is 5.11 Å². The van der Waals surface area contributed by atoms with E-state index in [0.29, 0.717) is 12.0 Å². The fourth-order valence-electron chi connectivity index (χ4n) is 1.94. The number of benzene rings is 2. The summed E-state index contributed by atoms with van der Waals surface area (Å²) in [6, 6.07) is 12.3. The van der Waals surface area contributed by atoms with E-state index < -0.39 is 6.10 Å². The molecule has 0 amide bonds. The predicted molar refractivity (Wildman–Crippen MR) is 73.9 cm³/mol. The molecule has 2 aromatic rings. The minimum atomic E-state index is -0.711. The quantitative estimate of drug-likeness (QED) is 0.902. The van der Waals surface area contributed by atoms with Crippen molar-refractivity contribution < 1.29 is 9.50 Å². The third-order valence-corrected chi connectivity index (χ3v) is 3.55. The number of aryl methyl sites for hydroxylation is 1. The van der Waals surface area contributed by atoms with Crippen LogP contribution in [0.5, 0.6) is 0 Å². The molecule has 0 aliphatic carbocycles. The fraction of sp³-hybridized carbons (Fsp3) is 0.200. The highest BCUT2D eigenvalue weighted by Crippen LogP contribution is 2.27. The van der Waals surface area contributed by atoms with Crippen LogP contribution in [0.25, 0.3) is 0 Å². The molecule has 1 nitrogen and oxygen atoms in total. The first-order chi connectivity index (χ1) is 8.56. The van der Waals surface area contributed by atoms with E-state index in [1.165, 1.54) is 12.1 Å². The number of hydrogen-bond acceptors (Lipinski definition) is 1. The van der Waals surface area contributed by atoms with E-state index in [-0.39, 0.29) is 5.82 Å². The molecule has 0 radical (unpaired) electrons. The Morgan fingerprint density at radius 2 is 2.00 bits per heavy atom. The maximum absolute atomic E-state index is 13.2. The Hall–Kier alpha value is -1.19. The molecule has 1 unspecified atom stereocenters. The summed E-state index contributed by atoms with van der Waals surface area (Å²) in [7, 11) is 0.